The highest BCUT2D eigenvalue weighted by Crippen LogP contribution is 2.42. The van der Waals surface area contributed by atoms with Gasteiger partial charge in [-0.15, -0.1) is 23.1 Å². The van der Waals surface area contributed by atoms with Gasteiger partial charge in [0.2, 0.25) is 0 Å². The third kappa shape index (κ3) is 4.24. The summed E-state index contributed by atoms with van der Waals surface area (Å²) >= 11 is 3.07. The van der Waals surface area contributed by atoms with E-state index in [0.29, 0.717) is 23.5 Å². The molecule has 0 radical (unpaired) electrons. The second-order valence-corrected chi connectivity index (χ2v) is 7.80. The molecule has 1 atom stereocenters. The lowest BCUT2D eigenvalue weighted by Gasteiger charge is -2.28. The zero-order chi connectivity index (χ0) is 19.2. The maximum absolute atomic E-state index is 12.6. The number of rotatable bonds is 6. The molecule has 0 fully saturated rings. The number of hydrogen-bond acceptors (Lipinski definition) is 7. The van der Waals surface area contributed by atoms with Crippen molar-refractivity contribution in [3.63, 3.8) is 0 Å². The van der Waals surface area contributed by atoms with Crippen LogP contribution in [0.1, 0.15) is 30.2 Å². The molecule has 0 saturated carbocycles. The highest BCUT2D eigenvalue weighted by atomic mass is 32.2. The Balaban J connectivity index is 1.97. The molecule has 5 nitrogen and oxygen atoms in total. The Labute approximate surface area is 166 Å². The van der Waals surface area contributed by atoms with E-state index >= 15 is 0 Å². The highest BCUT2D eigenvalue weighted by Gasteiger charge is 2.35. The van der Waals surface area contributed by atoms with E-state index < -0.39 is 5.92 Å². The Kier molecular flexibility index (Phi) is 6.32. The fourth-order valence-electron chi connectivity index (χ4n) is 2.88. The van der Waals surface area contributed by atoms with Crippen molar-refractivity contribution in [3.05, 3.63) is 74.4 Å². The molecule has 1 N–H and O–H groups in total. The summed E-state index contributed by atoms with van der Waals surface area (Å²) in [5, 5.41) is 15.9. The van der Waals surface area contributed by atoms with Gasteiger partial charge in [0.05, 0.1) is 34.8 Å². The van der Waals surface area contributed by atoms with Crippen molar-refractivity contribution < 1.29 is 9.53 Å². The molecule has 2 aromatic rings. The molecule has 0 aliphatic carbocycles. The Morgan fingerprint density at radius 2 is 2.30 bits per heavy atom. The molecule has 0 saturated heterocycles. The van der Waals surface area contributed by atoms with E-state index in [2.05, 4.69) is 16.4 Å². The molecule has 138 valence electrons. The largest absolute Gasteiger partial charge is 0.463 e. The van der Waals surface area contributed by atoms with E-state index in [1.165, 1.54) is 23.1 Å². The van der Waals surface area contributed by atoms with Crippen LogP contribution in [0.4, 0.5) is 0 Å². The van der Waals surface area contributed by atoms with E-state index in [0.717, 1.165) is 21.2 Å². The van der Waals surface area contributed by atoms with Crippen LogP contribution in [-0.2, 0) is 15.3 Å². The molecule has 27 heavy (non-hydrogen) atoms. The minimum absolute atomic E-state index is 0.293. The zero-order valence-corrected chi connectivity index (χ0v) is 16.7. The normalized spacial score (nSPS) is 16.7. The number of esters is 1. The number of nitriles is 1. The van der Waals surface area contributed by atoms with Crippen LogP contribution < -0.4 is 5.32 Å². The van der Waals surface area contributed by atoms with Crippen LogP contribution in [-0.4, -0.2) is 17.6 Å². The minimum Gasteiger partial charge on any atom is -0.463 e. The van der Waals surface area contributed by atoms with Gasteiger partial charge in [0.1, 0.15) is 0 Å². The molecule has 2 aromatic heterocycles. The Bertz CT molecular complexity index is 912. The van der Waals surface area contributed by atoms with Crippen molar-refractivity contribution in [2.45, 2.75) is 25.5 Å². The van der Waals surface area contributed by atoms with Crippen molar-refractivity contribution in [1.82, 2.24) is 10.3 Å². The highest BCUT2D eigenvalue weighted by molar-refractivity contribution is 8.02. The Morgan fingerprint density at radius 1 is 1.44 bits per heavy atom. The lowest BCUT2D eigenvalue weighted by Crippen LogP contribution is -2.28. The first-order valence-electron chi connectivity index (χ1n) is 8.50. The molecule has 0 aromatic carbocycles. The van der Waals surface area contributed by atoms with Gasteiger partial charge in [-0.2, -0.15) is 5.26 Å². The molecule has 0 bridgehead atoms. The quantitative estimate of drug-likeness (QED) is 0.731. The van der Waals surface area contributed by atoms with Crippen LogP contribution in [0.3, 0.4) is 0 Å². The third-order valence-corrected chi connectivity index (χ3v) is 6.10. The van der Waals surface area contributed by atoms with Crippen LogP contribution in [0, 0.1) is 11.3 Å². The molecule has 3 heterocycles. The van der Waals surface area contributed by atoms with E-state index in [4.69, 9.17) is 4.74 Å². The molecular weight excluding hydrogens is 378 g/mol. The van der Waals surface area contributed by atoms with Gasteiger partial charge in [0.15, 0.2) is 0 Å². The number of carbonyl (C=O) groups excluding carboxylic acids is 1. The van der Waals surface area contributed by atoms with Gasteiger partial charge >= 0.3 is 5.97 Å². The van der Waals surface area contributed by atoms with Crippen molar-refractivity contribution in [2.24, 2.45) is 0 Å². The topological polar surface area (TPSA) is 75.0 Å². The molecule has 3 rings (SSSR count). The maximum atomic E-state index is 12.6. The minimum atomic E-state index is -0.410. The lowest BCUT2D eigenvalue weighted by atomic mass is 9.87. The monoisotopic (exact) mass is 397 g/mol. The van der Waals surface area contributed by atoms with Crippen LogP contribution in [0.2, 0.25) is 0 Å². The van der Waals surface area contributed by atoms with Gasteiger partial charge in [-0.3, -0.25) is 4.98 Å². The van der Waals surface area contributed by atoms with Gasteiger partial charge in [0, 0.05) is 28.7 Å². The summed E-state index contributed by atoms with van der Waals surface area (Å²) in [6.45, 7) is 3.92. The smallest absolute Gasteiger partial charge is 0.336 e. The fraction of sp³-hybridized carbons (Fsp3) is 0.250. The van der Waals surface area contributed by atoms with Gasteiger partial charge in [-0.05, 0) is 36.9 Å². The number of pyridine rings is 1. The summed E-state index contributed by atoms with van der Waals surface area (Å²) in [4.78, 5) is 17.7. The number of hydrogen-bond donors (Lipinski definition) is 1. The molecule has 1 unspecified atom stereocenters. The number of nitrogens with zero attached hydrogens (tertiary/aromatic N) is 2. The molecular formula is C20H19N3O2S2. The van der Waals surface area contributed by atoms with Crippen LogP contribution in [0.5, 0.6) is 0 Å². The summed E-state index contributed by atoms with van der Waals surface area (Å²) in [7, 11) is 0. The first-order valence-corrected chi connectivity index (χ1v) is 10.4. The summed E-state index contributed by atoms with van der Waals surface area (Å²) < 4.78 is 5.26. The average molecular weight is 398 g/mol. The number of allylic oxidation sites excluding steroid dienone is 2. The van der Waals surface area contributed by atoms with Gasteiger partial charge < -0.3 is 10.1 Å². The molecule has 0 spiro atoms. The Morgan fingerprint density at radius 3 is 2.93 bits per heavy atom. The van der Waals surface area contributed by atoms with Crippen molar-refractivity contribution in [2.75, 3.05) is 6.61 Å². The lowest BCUT2D eigenvalue weighted by molar-refractivity contribution is -0.138. The number of dihydropyridines is 1. The summed E-state index contributed by atoms with van der Waals surface area (Å²) in [6.07, 6.45) is 3.55. The molecule has 1 aliphatic rings. The number of thioether (sulfide) groups is 1. The number of thiophene rings is 1. The summed E-state index contributed by atoms with van der Waals surface area (Å²) in [5.74, 6) is -0.114. The molecule has 0 amide bonds. The second-order valence-electron chi connectivity index (χ2n) is 5.84. The summed E-state index contributed by atoms with van der Waals surface area (Å²) in [6, 6.07) is 10.1. The molecule has 1 aliphatic heterocycles. The predicted molar refractivity (Wildman–Crippen MR) is 108 cm³/mol. The number of nitrogens with one attached hydrogen (secondary N) is 1. The number of carbonyl (C=O) groups is 1. The average Bonchev–Trinajstić information content (AvgIpc) is 3.21. The van der Waals surface area contributed by atoms with Gasteiger partial charge in [-0.25, -0.2) is 4.79 Å². The first-order chi connectivity index (χ1) is 13.2. The van der Waals surface area contributed by atoms with Crippen LogP contribution >= 0.6 is 23.1 Å². The fourth-order valence-corrected chi connectivity index (χ4v) is 4.75. The van der Waals surface area contributed by atoms with Crippen molar-refractivity contribution in [3.8, 4) is 6.07 Å². The van der Waals surface area contributed by atoms with E-state index in [-0.39, 0.29) is 5.97 Å². The van der Waals surface area contributed by atoms with Crippen LogP contribution in [0.15, 0.2) is 63.9 Å². The Hall–Kier alpha value is -2.56. The van der Waals surface area contributed by atoms with Crippen molar-refractivity contribution >= 4 is 29.1 Å². The first kappa shape index (κ1) is 19.2. The van der Waals surface area contributed by atoms with Crippen LogP contribution in [0.25, 0.3) is 0 Å². The second kappa shape index (κ2) is 8.89. The van der Waals surface area contributed by atoms with E-state index in [1.807, 2.05) is 42.8 Å². The van der Waals surface area contributed by atoms with Gasteiger partial charge in [0.25, 0.3) is 0 Å². The van der Waals surface area contributed by atoms with Crippen molar-refractivity contribution in [1.29, 1.82) is 5.26 Å². The number of aromatic nitrogens is 1. The van der Waals surface area contributed by atoms with E-state index in [1.54, 1.807) is 13.1 Å². The SMILES string of the molecule is CCOC(=O)C1=C(C)NC(SCc2cccnc2)=C(C#N)C1c1cccs1. The zero-order valence-electron chi connectivity index (χ0n) is 15.1. The number of ether oxygens (including phenoxy) is 1. The molecule has 7 heteroatoms. The summed E-state index contributed by atoms with van der Waals surface area (Å²) in [5.41, 5.74) is 2.83. The predicted octanol–water partition coefficient (Wildman–Crippen LogP) is 4.34. The van der Waals surface area contributed by atoms with Gasteiger partial charge in [-0.1, -0.05) is 12.1 Å². The maximum Gasteiger partial charge on any atom is 0.336 e. The van der Waals surface area contributed by atoms with E-state index in [9.17, 15) is 10.1 Å². The third-order valence-electron chi connectivity index (χ3n) is 4.08. The standard InChI is InChI=1S/C20H19N3O2S2/c1-3-25-20(24)17-13(2)23-19(27-12-14-6-4-8-22-11-14)15(10-21)18(17)16-7-5-9-26-16/h4-9,11,18,23H,3,12H2,1-2H3.